The highest BCUT2D eigenvalue weighted by atomic mass is 35.5. The normalized spacial score (nSPS) is 16.7. The topological polar surface area (TPSA) is 71.4 Å². The minimum Gasteiger partial charge on any atom is -0.451 e. The van der Waals surface area contributed by atoms with Crippen LogP contribution in [0, 0.1) is 6.92 Å². The molecule has 2 amide bonds. The summed E-state index contributed by atoms with van der Waals surface area (Å²) in [7, 11) is 2.86. The second-order valence-electron chi connectivity index (χ2n) is 8.67. The molecule has 7 nitrogen and oxygen atoms in total. The third kappa shape index (κ3) is 5.03. The number of para-hydroxylation sites is 1. The van der Waals surface area contributed by atoms with E-state index in [0.29, 0.717) is 33.3 Å². The molecule has 0 aromatic heterocycles. The van der Waals surface area contributed by atoms with Crippen LogP contribution in [-0.2, 0) is 15.2 Å². The summed E-state index contributed by atoms with van der Waals surface area (Å²) in [4.78, 5) is 31.9. The largest absolute Gasteiger partial charge is 0.451 e. The van der Waals surface area contributed by atoms with Crippen LogP contribution in [0.3, 0.4) is 0 Å². The number of carbonyl (C=O) groups is 2. The van der Waals surface area contributed by atoms with Gasteiger partial charge in [-0.25, -0.2) is 4.79 Å². The zero-order valence-corrected chi connectivity index (χ0v) is 21.8. The molecule has 3 aromatic carbocycles. The number of nitrogens with zero attached hydrogens (tertiary/aromatic N) is 3. The van der Waals surface area contributed by atoms with Crippen LogP contribution in [0.5, 0.6) is 0 Å². The zero-order valence-electron chi connectivity index (χ0n) is 20.3. The number of hydrogen-bond acceptors (Lipinski definition) is 6. The quantitative estimate of drug-likeness (QED) is 0.351. The number of methoxy groups -OCH3 is 1. The Balaban J connectivity index is 1.59. The van der Waals surface area contributed by atoms with Crippen molar-refractivity contribution in [2.45, 2.75) is 25.9 Å². The first-order chi connectivity index (χ1) is 17.1. The van der Waals surface area contributed by atoms with E-state index < -0.39 is 17.6 Å². The van der Waals surface area contributed by atoms with Crippen LogP contribution in [0.25, 0.3) is 0 Å². The molecule has 0 spiro atoms. The second kappa shape index (κ2) is 10.2. The number of hydrazine groups is 1. The van der Waals surface area contributed by atoms with Crippen molar-refractivity contribution in [1.82, 2.24) is 5.01 Å². The Hall–Kier alpha value is -3.55. The monoisotopic (exact) mass is 525 g/mol. The Morgan fingerprint density at radius 3 is 2.31 bits per heavy atom. The SMILES string of the molecule is COC(=O)N(C(=O)c1ccc(C2=NOC(C)(c3cc(Cl)cc(Cl)c3)C2)cc1C)N(C)c1ccccc1. The molecule has 1 atom stereocenters. The molecule has 0 fully saturated rings. The van der Waals surface area contributed by atoms with Crippen molar-refractivity contribution in [2.24, 2.45) is 5.16 Å². The van der Waals surface area contributed by atoms with Gasteiger partial charge in [0.2, 0.25) is 0 Å². The Morgan fingerprint density at radius 2 is 1.69 bits per heavy atom. The van der Waals surface area contributed by atoms with Gasteiger partial charge in [-0.1, -0.05) is 52.6 Å². The van der Waals surface area contributed by atoms with Crippen molar-refractivity contribution in [3.63, 3.8) is 0 Å². The highest BCUT2D eigenvalue weighted by Gasteiger charge is 2.37. The fraction of sp³-hybridized carbons (Fsp3) is 0.222. The van der Waals surface area contributed by atoms with E-state index in [2.05, 4.69) is 5.16 Å². The van der Waals surface area contributed by atoms with Gasteiger partial charge >= 0.3 is 6.09 Å². The van der Waals surface area contributed by atoms with Gasteiger partial charge in [0, 0.05) is 34.6 Å². The van der Waals surface area contributed by atoms with Crippen molar-refractivity contribution >= 4 is 46.6 Å². The van der Waals surface area contributed by atoms with E-state index in [1.54, 1.807) is 44.3 Å². The highest BCUT2D eigenvalue weighted by Crippen LogP contribution is 2.38. The molecule has 0 saturated heterocycles. The summed E-state index contributed by atoms with van der Waals surface area (Å²) in [6.07, 6.45) is -0.305. The molecular weight excluding hydrogens is 501 g/mol. The molecule has 0 saturated carbocycles. The number of imide groups is 1. The summed E-state index contributed by atoms with van der Waals surface area (Å²) in [5.41, 5.74) is 3.31. The average Bonchev–Trinajstić information content (AvgIpc) is 3.27. The van der Waals surface area contributed by atoms with E-state index in [0.717, 1.165) is 21.8 Å². The third-order valence-electron chi connectivity index (χ3n) is 6.10. The molecule has 4 rings (SSSR count). The van der Waals surface area contributed by atoms with Gasteiger partial charge in [0.15, 0.2) is 5.60 Å². The van der Waals surface area contributed by atoms with E-state index >= 15 is 0 Å². The van der Waals surface area contributed by atoms with Crippen LogP contribution in [-0.4, -0.2) is 36.9 Å². The summed E-state index contributed by atoms with van der Waals surface area (Å²) >= 11 is 12.4. The van der Waals surface area contributed by atoms with Gasteiger partial charge in [-0.2, -0.15) is 0 Å². The lowest BCUT2D eigenvalue weighted by atomic mass is 9.88. The van der Waals surface area contributed by atoms with Crippen molar-refractivity contribution in [3.8, 4) is 0 Å². The molecule has 0 radical (unpaired) electrons. The van der Waals surface area contributed by atoms with E-state index in [4.69, 9.17) is 32.8 Å². The van der Waals surface area contributed by atoms with Crippen molar-refractivity contribution in [1.29, 1.82) is 0 Å². The first-order valence-electron chi connectivity index (χ1n) is 11.2. The maximum atomic E-state index is 13.5. The van der Waals surface area contributed by atoms with Crippen LogP contribution in [0.15, 0.2) is 71.9 Å². The standard InChI is InChI=1S/C27H25Cl2N3O4/c1-17-12-18(24-16-27(2,36-30-24)19-13-20(28)15-21(29)14-19)10-11-23(17)25(33)32(26(34)35-4)31(3)22-8-6-5-7-9-22/h5-15H,16H2,1-4H3. The van der Waals surface area contributed by atoms with Crippen LogP contribution in [0.4, 0.5) is 10.5 Å². The molecule has 1 heterocycles. The lowest BCUT2D eigenvalue weighted by molar-refractivity contribution is -0.00737. The number of halogens is 2. The van der Waals surface area contributed by atoms with Crippen LogP contribution in [0.1, 0.15) is 40.4 Å². The number of amides is 2. The first kappa shape index (κ1) is 25.5. The minimum atomic E-state index is -0.792. The summed E-state index contributed by atoms with van der Waals surface area (Å²) < 4.78 is 4.89. The van der Waals surface area contributed by atoms with Gasteiger partial charge < -0.3 is 9.57 Å². The summed E-state index contributed by atoms with van der Waals surface area (Å²) in [5, 5.41) is 7.77. The predicted octanol–water partition coefficient (Wildman–Crippen LogP) is 6.60. The summed E-state index contributed by atoms with van der Waals surface area (Å²) in [5.74, 6) is -0.514. The Morgan fingerprint density at radius 1 is 1.03 bits per heavy atom. The summed E-state index contributed by atoms with van der Waals surface area (Å²) in [6, 6.07) is 19.7. The smallest absolute Gasteiger partial charge is 0.436 e. The van der Waals surface area contributed by atoms with E-state index in [-0.39, 0.29) is 0 Å². The minimum absolute atomic E-state index is 0.357. The molecule has 9 heteroatoms. The van der Waals surface area contributed by atoms with Crippen molar-refractivity contribution in [3.05, 3.63) is 99.0 Å². The van der Waals surface area contributed by atoms with Gasteiger partial charge in [0.1, 0.15) is 0 Å². The molecule has 186 valence electrons. The second-order valence-corrected chi connectivity index (χ2v) is 9.54. The Bertz CT molecular complexity index is 1330. The number of benzene rings is 3. The fourth-order valence-electron chi connectivity index (χ4n) is 4.09. The highest BCUT2D eigenvalue weighted by molar-refractivity contribution is 6.34. The fourth-order valence-corrected chi connectivity index (χ4v) is 4.62. The Labute approximate surface area is 219 Å². The van der Waals surface area contributed by atoms with E-state index in [9.17, 15) is 9.59 Å². The predicted molar refractivity (Wildman–Crippen MR) is 141 cm³/mol. The number of anilines is 1. The van der Waals surface area contributed by atoms with Crippen molar-refractivity contribution < 1.29 is 19.2 Å². The lowest BCUT2D eigenvalue weighted by Gasteiger charge is -2.30. The molecule has 1 aliphatic rings. The van der Waals surface area contributed by atoms with Crippen LogP contribution in [0.2, 0.25) is 10.0 Å². The van der Waals surface area contributed by atoms with E-state index in [1.165, 1.54) is 12.1 Å². The first-order valence-corrected chi connectivity index (χ1v) is 11.9. The molecule has 0 aliphatic carbocycles. The van der Waals surface area contributed by atoms with E-state index in [1.807, 2.05) is 43.3 Å². The molecular formula is C27H25Cl2N3O4. The van der Waals surface area contributed by atoms with Gasteiger partial charge in [0.25, 0.3) is 5.91 Å². The number of oxime groups is 1. The average molecular weight is 526 g/mol. The lowest BCUT2D eigenvalue weighted by Crippen LogP contribution is -2.48. The summed E-state index contributed by atoms with van der Waals surface area (Å²) in [6.45, 7) is 3.73. The number of rotatable bonds is 5. The van der Waals surface area contributed by atoms with Gasteiger partial charge in [0.05, 0.1) is 18.5 Å². The number of carbonyl (C=O) groups excluding carboxylic acids is 2. The maximum Gasteiger partial charge on any atom is 0.436 e. The molecule has 3 aromatic rings. The third-order valence-corrected chi connectivity index (χ3v) is 6.53. The zero-order chi connectivity index (χ0) is 26.0. The molecule has 1 unspecified atom stereocenters. The van der Waals surface area contributed by atoms with Crippen LogP contribution >= 0.6 is 23.2 Å². The van der Waals surface area contributed by atoms with Crippen molar-refractivity contribution in [2.75, 3.05) is 19.2 Å². The van der Waals surface area contributed by atoms with Gasteiger partial charge in [-0.15, -0.1) is 5.01 Å². The van der Waals surface area contributed by atoms with Gasteiger partial charge in [-0.3, -0.25) is 9.80 Å². The number of hydrogen-bond donors (Lipinski definition) is 0. The Kier molecular flexibility index (Phi) is 7.24. The molecule has 1 aliphatic heterocycles. The molecule has 36 heavy (non-hydrogen) atoms. The molecule has 0 N–H and O–H groups in total. The number of aryl methyl sites for hydroxylation is 1. The van der Waals surface area contributed by atoms with Crippen LogP contribution < -0.4 is 5.01 Å². The maximum absolute atomic E-state index is 13.5. The van der Waals surface area contributed by atoms with Gasteiger partial charge in [-0.05, 0) is 67.4 Å². The molecule has 0 bridgehead atoms. The number of ether oxygens (including phenoxy) is 1.